The topological polar surface area (TPSA) is 429 Å². The molecule has 0 unspecified atom stereocenters. The number of nitrogens with zero attached hydrogens (tertiary/aromatic N) is 5. The van der Waals surface area contributed by atoms with E-state index in [1.165, 1.54) is 66.7 Å². The number of anilines is 8. The van der Waals surface area contributed by atoms with Crippen LogP contribution in [0, 0.1) is 25.2 Å². The van der Waals surface area contributed by atoms with Crippen molar-refractivity contribution in [2.24, 2.45) is 10.2 Å². The monoisotopic (exact) mass is 1170 g/mol. The summed E-state index contributed by atoms with van der Waals surface area (Å²) in [5.74, 6) is 0.817. The van der Waals surface area contributed by atoms with E-state index in [1.807, 2.05) is 49.4 Å². The molecule has 29 heteroatoms. The van der Waals surface area contributed by atoms with Gasteiger partial charge in [0.05, 0.1) is 28.2 Å². The molecule has 0 aliphatic carbocycles. The van der Waals surface area contributed by atoms with E-state index in [0.29, 0.717) is 44.8 Å². The van der Waals surface area contributed by atoms with Gasteiger partial charge in [0, 0.05) is 50.7 Å². The van der Waals surface area contributed by atoms with Crippen LogP contribution >= 0.6 is 11.3 Å². The smallest absolute Gasteiger partial charge is 0.295 e. The minimum Gasteiger partial charge on any atom is -0.495 e. The lowest BCUT2D eigenvalue weighted by Crippen LogP contribution is -2.05. The Hall–Kier alpha value is -8.83. The first kappa shape index (κ1) is 57.9. The number of ether oxygens (including phenoxy) is 1. The lowest BCUT2D eigenvalue weighted by Gasteiger charge is -2.16. The molecule has 24 nitrogen and oxygen atoms in total. The van der Waals surface area contributed by atoms with E-state index >= 15 is 0 Å². The number of hydrogen-bond acceptors (Lipinski definition) is 21. The highest BCUT2D eigenvalue weighted by molar-refractivity contribution is 7.86. The number of hydrogen-bond donors (Lipinski definition) is 10. The number of nitrogen functional groups attached to an aromatic ring is 4. The molecule has 0 saturated carbocycles. The summed E-state index contributed by atoms with van der Waals surface area (Å²) in [6.07, 6.45) is 0. The normalized spacial score (nSPS) is 11.8. The minimum atomic E-state index is -4.57. The lowest BCUT2D eigenvalue weighted by atomic mass is 10.1. The number of aryl methyl sites for hydroxylation is 1. The summed E-state index contributed by atoms with van der Waals surface area (Å²) in [5.41, 5.74) is 28.0. The highest BCUT2D eigenvalue weighted by Gasteiger charge is 2.22. The van der Waals surface area contributed by atoms with Crippen molar-refractivity contribution in [3.63, 3.8) is 0 Å². The van der Waals surface area contributed by atoms with Gasteiger partial charge in [-0.05, 0) is 109 Å². The second-order valence-electron chi connectivity index (χ2n) is 16.8. The van der Waals surface area contributed by atoms with Gasteiger partial charge in [-0.15, -0.1) is 10.2 Å². The second-order valence-corrected chi connectivity index (χ2v) is 23.4. The average Bonchev–Trinajstić information content (AvgIpc) is 3.91. The molecule has 0 saturated heterocycles. The molecule has 0 fully saturated rings. The maximum absolute atomic E-state index is 11.6. The number of azo groups is 1. The van der Waals surface area contributed by atoms with Crippen LogP contribution in [0.1, 0.15) is 16.7 Å². The van der Waals surface area contributed by atoms with Crippen molar-refractivity contribution < 1.29 is 56.6 Å². The molecule has 2 heterocycles. The molecule has 0 aliphatic rings. The maximum Gasteiger partial charge on any atom is 0.295 e. The van der Waals surface area contributed by atoms with Gasteiger partial charge in [-0.3, -0.25) is 18.2 Å². The van der Waals surface area contributed by atoms with Crippen LogP contribution in [-0.2, 0) is 40.5 Å². The van der Waals surface area contributed by atoms with Crippen molar-refractivity contribution in [2.75, 3.05) is 40.7 Å². The van der Waals surface area contributed by atoms with Gasteiger partial charge in [-0.1, -0.05) is 59.9 Å². The van der Waals surface area contributed by atoms with Crippen LogP contribution in [0.15, 0.2) is 163 Å². The Morgan fingerprint density at radius 3 is 1.73 bits per heavy atom. The van der Waals surface area contributed by atoms with Gasteiger partial charge in [0.25, 0.3) is 40.5 Å². The Balaban J connectivity index is 0.000000244. The van der Waals surface area contributed by atoms with Gasteiger partial charge in [0.1, 0.15) is 38.0 Å². The van der Waals surface area contributed by atoms with E-state index in [2.05, 4.69) is 36.9 Å². The molecule has 0 amide bonds. The predicted octanol–water partition coefficient (Wildman–Crippen LogP) is 9.60. The number of nitrogens with one attached hydrogen (secondary N) is 2. The van der Waals surface area contributed by atoms with Crippen LogP contribution in [-0.4, -0.2) is 69.0 Å². The standard InChI is InChI=1S/C32H24N8O6S3.C10H9NO6S2.C8H12N2O/c1-18-26(17-33)30(35-22-8-12-24(13-9-22)48(41,42)43)38-31(36-23-10-14-25(15-11-23)49(44,45)46)27(18)39-40-32-37-28(29(34)47-32)21-7-6-19-4-2-3-5-20(19)16-21;11-6-4-8-7(10(5-6)19(15,16)17)2-1-3-9(8)18(12,13)14;1-5-3-7(10)8(11-2)4-6(5)9/h2-16H,34H2,1H3,(H2,35,36,38)(H,41,42,43)(H,44,45,46);1-5H,11H2,(H,12,13,14)(H,15,16,17);3-4H,9-10H2,1-2H3. The van der Waals surface area contributed by atoms with Crippen molar-refractivity contribution in [1.82, 2.24) is 9.97 Å². The number of fused-ring (bicyclic) bond motifs is 2. The van der Waals surface area contributed by atoms with Gasteiger partial charge >= 0.3 is 0 Å². The SMILES string of the molecule is COc1cc(N)c(C)cc1N.Cc1c(C#N)c(Nc2ccc(S(=O)(=O)O)cc2)nc(Nc2ccc(S(=O)(=O)O)cc2)c1N=Nc1nc(-c2ccc3ccccc3c2)c(N)s1.Nc1cc(S(=O)(=O)O)c2cccc(S(=O)(=O)O)c2c1. The first-order valence-corrected chi connectivity index (χ1v) is 28.9. The Labute approximate surface area is 456 Å². The van der Waals surface area contributed by atoms with Crippen LogP contribution in [0.5, 0.6) is 5.75 Å². The Morgan fingerprint density at radius 1 is 0.595 bits per heavy atom. The third kappa shape index (κ3) is 13.8. The number of thiazole rings is 1. The summed E-state index contributed by atoms with van der Waals surface area (Å²) in [7, 11) is -16.4. The molecule has 0 radical (unpaired) electrons. The second kappa shape index (κ2) is 23.0. The van der Waals surface area contributed by atoms with Crippen molar-refractivity contribution >= 4 is 129 Å². The maximum atomic E-state index is 11.6. The summed E-state index contributed by atoms with van der Waals surface area (Å²) >= 11 is 1.12. The number of benzene rings is 7. The fourth-order valence-electron chi connectivity index (χ4n) is 7.51. The van der Waals surface area contributed by atoms with Gasteiger partial charge in [0.2, 0.25) is 5.13 Å². The van der Waals surface area contributed by atoms with E-state index < -0.39 is 50.3 Å². The van der Waals surface area contributed by atoms with Gasteiger partial charge in [-0.2, -0.15) is 38.9 Å². The molecule has 2 aromatic heterocycles. The summed E-state index contributed by atoms with van der Waals surface area (Å²) in [5, 5.41) is 27.5. The third-order valence-electron chi connectivity index (χ3n) is 11.4. The summed E-state index contributed by atoms with van der Waals surface area (Å²) in [4.78, 5) is 7.52. The first-order chi connectivity index (χ1) is 37.0. The molecule has 9 aromatic rings. The highest BCUT2D eigenvalue weighted by Crippen LogP contribution is 2.41. The Kier molecular flexibility index (Phi) is 16.9. The molecular formula is C50H45N11O13S5. The molecule has 79 heavy (non-hydrogen) atoms. The van der Waals surface area contributed by atoms with Crippen LogP contribution in [0.25, 0.3) is 32.8 Å². The van der Waals surface area contributed by atoms with Crippen LogP contribution in [0.4, 0.5) is 55.9 Å². The zero-order valence-electron chi connectivity index (χ0n) is 41.3. The van der Waals surface area contributed by atoms with E-state index in [-0.39, 0.29) is 54.3 Å². The predicted molar refractivity (Wildman–Crippen MR) is 301 cm³/mol. The first-order valence-electron chi connectivity index (χ1n) is 22.3. The van der Waals surface area contributed by atoms with Crippen LogP contribution in [0.3, 0.4) is 0 Å². The van der Waals surface area contributed by atoms with Gasteiger partial charge < -0.3 is 38.3 Å². The number of rotatable bonds is 12. The average molecular weight is 1170 g/mol. The molecule has 0 atom stereocenters. The molecule has 0 bridgehead atoms. The molecule has 9 rings (SSSR count). The van der Waals surface area contributed by atoms with Crippen LogP contribution in [0.2, 0.25) is 0 Å². The number of nitrogens with two attached hydrogens (primary N) is 4. The van der Waals surface area contributed by atoms with E-state index in [9.17, 15) is 48.0 Å². The zero-order valence-corrected chi connectivity index (χ0v) is 45.3. The fraction of sp³-hybridized carbons (Fsp3) is 0.0600. The number of aromatic nitrogens is 2. The third-order valence-corrected chi connectivity index (χ3v) is 15.7. The molecule has 0 spiro atoms. The van der Waals surface area contributed by atoms with E-state index in [1.54, 1.807) is 26.2 Å². The highest BCUT2D eigenvalue weighted by atomic mass is 32.2. The van der Waals surface area contributed by atoms with E-state index in [0.717, 1.165) is 45.4 Å². The Bertz CT molecular complexity index is 4390. The van der Waals surface area contributed by atoms with Crippen molar-refractivity contribution in [1.29, 1.82) is 5.26 Å². The summed E-state index contributed by atoms with van der Waals surface area (Å²) in [6.45, 7) is 3.54. The van der Waals surface area contributed by atoms with Gasteiger partial charge in [0.15, 0.2) is 11.6 Å². The molecule has 408 valence electrons. The summed E-state index contributed by atoms with van der Waals surface area (Å²) < 4.78 is 133. The molecule has 0 aliphatic heterocycles. The molecule has 7 aromatic carbocycles. The Morgan fingerprint density at radius 2 is 1.18 bits per heavy atom. The van der Waals surface area contributed by atoms with Crippen LogP contribution < -0.4 is 38.3 Å². The number of methoxy groups -OCH3 is 1. The number of pyridine rings is 1. The number of nitriles is 1. The van der Waals surface area contributed by atoms with Crippen molar-refractivity contribution in [2.45, 2.75) is 33.4 Å². The summed E-state index contributed by atoms with van der Waals surface area (Å²) in [6, 6.07) is 35.6. The van der Waals surface area contributed by atoms with Crippen molar-refractivity contribution in [3.05, 3.63) is 150 Å². The zero-order chi connectivity index (χ0) is 57.8. The lowest BCUT2D eigenvalue weighted by molar-refractivity contribution is 0.417. The van der Waals surface area contributed by atoms with Crippen molar-refractivity contribution in [3.8, 4) is 23.1 Å². The fourth-order valence-corrected chi connectivity index (χ4v) is 10.6. The molecule has 14 N–H and O–H groups in total. The largest absolute Gasteiger partial charge is 0.495 e. The van der Waals surface area contributed by atoms with Gasteiger partial charge in [-0.25, -0.2) is 9.97 Å². The van der Waals surface area contributed by atoms with E-state index in [4.69, 9.17) is 36.8 Å². The quantitative estimate of drug-likeness (QED) is 0.0309. The minimum absolute atomic E-state index is 0.0492. The molecular weight excluding hydrogens is 1120 g/mol.